The van der Waals surface area contributed by atoms with Gasteiger partial charge in [0.25, 0.3) is 0 Å². The van der Waals surface area contributed by atoms with Gasteiger partial charge in [-0.2, -0.15) is 0 Å². The second kappa shape index (κ2) is 7.82. The Balaban J connectivity index is 1.33. The molecule has 2 aromatic heterocycles. The molecule has 2 aliphatic rings. The van der Waals surface area contributed by atoms with Crippen LogP contribution in [-0.4, -0.2) is 52.0 Å². The predicted molar refractivity (Wildman–Crippen MR) is 101 cm³/mol. The number of carbonyl (C=O) groups excluding carboxylic acids is 1. The molecule has 2 aliphatic heterocycles. The minimum Gasteiger partial charge on any atom is -0.468 e. The Morgan fingerprint density at radius 1 is 1.26 bits per heavy atom. The number of hydrogen-bond acceptors (Lipinski definition) is 5. The number of aromatic nitrogens is 1. The summed E-state index contributed by atoms with van der Waals surface area (Å²) in [6, 6.07) is 7.65. The number of pyridine rings is 1. The molecule has 0 saturated carbocycles. The lowest BCUT2D eigenvalue weighted by Gasteiger charge is -2.41. The van der Waals surface area contributed by atoms with Gasteiger partial charge in [-0.25, -0.2) is 0 Å². The smallest absolute Gasteiger partial charge is 0.226 e. The van der Waals surface area contributed by atoms with E-state index in [0.29, 0.717) is 25.9 Å². The first kappa shape index (κ1) is 18.2. The summed E-state index contributed by atoms with van der Waals surface area (Å²) in [6.45, 7) is 3.74. The molecular formula is C21H27N3O3. The van der Waals surface area contributed by atoms with Crippen LogP contribution in [-0.2, 0) is 16.9 Å². The largest absolute Gasteiger partial charge is 0.468 e. The zero-order chi connectivity index (χ0) is 18.7. The van der Waals surface area contributed by atoms with Crippen molar-refractivity contribution in [3.8, 4) is 0 Å². The number of hydrogen-bond donors (Lipinski definition) is 1. The lowest BCUT2D eigenvalue weighted by Crippen LogP contribution is -2.50. The average Bonchev–Trinajstić information content (AvgIpc) is 3.22. The van der Waals surface area contributed by atoms with E-state index >= 15 is 0 Å². The maximum Gasteiger partial charge on any atom is 0.226 e. The van der Waals surface area contributed by atoms with E-state index in [0.717, 1.165) is 43.8 Å². The van der Waals surface area contributed by atoms with Crippen molar-refractivity contribution >= 4 is 5.91 Å². The Morgan fingerprint density at radius 3 is 2.81 bits per heavy atom. The second-order valence-corrected chi connectivity index (χ2v) is 7.75. The fraction of sp³-hybridized carbons (Fsp3) is 0.524. The number of piperidine rings is 2. The third kappa shape index (κ3) is 4.06. The van der Waals surface area contributed by atoms with Gasteiger partial charge in [0.05, 0.1) is 24.3 Å². The minimum atomic E-state index is -0.872. The van der Waals surface area contributed by atoms with Crippen LogP contribution in [0.2, 0.25) is 0 Å². The van der Waals surface area contributed by atoms with Crippen molar-refractivity contribution in [2.75, 3.05) is 26.2 Å². The van der Waals surface area contributed by atoms with Crippen LogP contribution in [0.4, 0.5) is 0 Å². The molecule has 6 nitrogen and oxygen atoms in total. The van der Waals surface area contributed by atoms with Gasteiger partial charge >= 0.3 is 0 Å². The predicted octanol–water partition coefficient (Wildman–Crippen LogP) is 2.40. The van der Waals surface area contributed by atoms with Crippen LogP contribution in [0.5, 0.6) is 0 Å². The normalized spacial score (nSPS) is 23.3. The minimum absolute atomic E-state index is 0.0401. The van der Waals surface area contributed by atoms with Gasteiger partial charge in [-0.3, -0.25) is 14.7 Å². The second-order valence-electron chi connectivity index (χ2n) is 7.75. The third-order valence-corrected chi connectivity index (χ3v) is 5.92. The summed E-state index contributed by atoms with van der Waals surface area (Å²) in [7, 11) is 0. The molecule has 144 valence electrons. The van der Waals surface area contributed by atoms with Gasteiger partial charge in [0.2, 0.25) is 5.91 Å². The van der Waals surface area contributed by atoms with Gasteiger partial charge < -0.3 is 14.4 Å². The highest BCUT2D eigenvalue weighted by Gasteiger charge is 2.38. The molecule has 27 heavy (non-hydrogen) atoms. The molecule has 0 bridgehead atoms. The molecule has 1 unspecified atom stereocenters. The van der Waals surface area contributed by atoms with E-state index in [1.807, 2.05) is 29.2 Å². The van der Waals surface area contributed by atoms with Gasteiger partial charge in [0.1, 0.15) is 5.76 Å². The monoisotopic (exact) mass is 369 g/mol. The molecule has 0 radical (unpaired) electrons. The number of nitrogens with zero attached hydrogens (tertiary/aromatic N) is 3. The first-order valence-corrected chi connectivity index (χ1v) is 9.80. The van der Waals surface area contributed by atoms with Gasteiger partial charge in [-0.05, 0) is 50.4 Å². The molecule has 2 fully saturated rings. The van der Waals surface area contributed by atoms with Crippen molar-refractivity contribution in [2.24, 2.45) is 5.92 Å². The summed E-state index contributed by atoms with van der Waals surface area (Å²) in [5.74, 6) is 1.22. The van der Waals surface area contributed by atoms with Crippen molar-refractivity contribution in [1.82, 2.24) is 14.8 Å². The molecule has 0 aromatic carbocycles. The van der Waals surface area contributed by atoms with Crippen molar-refractivity contribution in [2.45, 2.75) is 37.8 Å². The molecule has 2 saturated heterocycles. The summed E-state index contributed by atoms with van der Waals surface area (Å²) in [5.41, 5.74) is -0.0254. The first-order valence-electron chi connectivity index (χ1n) is 9.80. The molecule has 4 heterocycles. The molecule has 0 aliphatic carbocycles. The summed E-state index contributed by atoms with van der Waals surface area (Å²) < 4.78 is 5.44. The summed E-state index contributed by atoms with van der Waals surface area (Å²) in [4.78, 5) is 21.4. The molecule has 0 spiro atoms. The summed E-state index contributed by atoms with van der Waals surface area (Å²) >= 11 is 0. The van der Waals surface area contributed by atoms with Crippen molar-refractivity contribution in [3.63, 3.8) is 0 Å². The van der Waals surface area contributed by atoms with Crippen LogP contribution in [0.15, 0.2) is 47.3 Å². The number of carbonyl (C=O) groups is 1. The molecule has 2 aromatic rings. The van der Waals surface area contributed by atoms with E-state index in [4.69, 9.17) is 4.42 Å². The van der Waals surface area contributed by atoms with E-state index < -0.39 is 5.60 Å². The zero-order valence-corrected chi connectivity index (χ0v) is 15.6. The van der Waals surface area contributed by atoms with Gasteiger partial charge in [0, 0.05) is 37.6 Å². The molecule has 1 atom stereocenters. The zero-order valence-electron chi connectivity index (χ0n) is 15.6. The fourth-order valence-corrected chi connectivity index (χ4v) is 4.31. The molecule has 6 heteroatoms. The number of amides is 1. The maximum absolute atomic E-state index is 13.0. The maximum atomic E-state index is 13.0. The lowest BCUT2D eigenvalue weighted by atomic mass is 9.84. The highest BCUT2D eigenvalue weighted by molar-refractivity contribution is 5.79. The molecule has 1 N–H and O–H groups in total. The number of rotatable bonds is 4. The quantitative estimate of drug-likeness (QED) is 0.896. The number of furan rings is 1. The van der Waals surface area contributed by atoms with E-state index in [2.05, 4.69) is 9.88 Å². The Bertz CT molecular complexity index is 739. The summed E-state index contributed by atoms with van der Waals surface area (Å²) in [6.07, 6.45) is 8.23. The van der Waals surface area contributed by atoms with Crippen molar-refractivity contribution in [3.05, 3.63) is 54.2 Å². The van der Waals surface area contributed by atoms with Crippen LogP contribution in [0.3, 0.4) is 0 Å². The van der Waals surface area contributed by atoms with Gasteiger partial charge in [-0.1, -0.05) is 6.07 Å². The highest BCUT2D eigenvalue weighted by atomic mass is 16.3. The van der Waals surface area contributed by atoms with Gasteiger partial charge in [-0.15, -0.1) is 0 Å². The van der Waals surface area contributed by atoms with E-state index in [1.54, 1.807) is 18.7 Å². The van der Waals surface area contributed by atoms with Crippen LogP contribution in [0, 0.1) is 5.92 Å². The Hall–Kier alpha value is -2.18. The van der Waals surface area contributed by atoms with E-state index in [1.165, 1.54) is 0 Å². The van der Waals surface area contributed by atoms with Crippen molar-refractivity contribution in [1.29, 1.82) is 0 Å². The van der Waals surface area contributed by atoms with E-state index in [-0.39, 0.29) is 11.8 Å². The van der Waals surface area contributed by atoms with E-state index in [9.17, 15) is 9.90 Å². The molecule has 1 amide bonds. The lowest BCUT2D eigenvalue weighted by molar-refractivity contribution is -0.142. The topological polar surface area (TPSA) is 69.8 Å². The van der Waals surface area contributed by atoms with Gasteiger partial charge in [0.15, 0.2) is 0 Å². The SMILES string of the molecule is O=C(C1CCCN(Cc2ccco2)C1)N1CCC(O)(c2cccnc2)CC1. The average molecular weight is 369 g/mol. The first-order chi connectivity index (χ1) is 13.1. The molecule has 4 rings (SSSR count). The van der Waals surface area contributed by atoms with Crippen LogP contribution in [0.25, 0.3) is 0 Å². The Morgan fingerprint density at radius 2 is 2.11 bits per heavy atom. The highest BCUT2D eigenvalue weighted by Crippen LogP contribution is 2.33. The Kier molecular flexibility index (Phi) is 5.27. The summed E-state index contributed by atoms with van der Waals surface area (Å²) in [5, 5.41) is 10.9. The van der Waals surface area contributed by atoms with Crippen LogP contribution < -0.4 is 0 Å². The fourth-order valence-electron chi connectivity index (χ4n) is 4.31. The van der Waals surface area contributed by atoms with Crippen molar-refractivity contribution < 1.29 is 14.3 Å². The van der Waals surface area contributed by atoms with Crippen LogP contribution in [0.1, 0.15) is 37.0 Å². The number of aliphatic hydroxyl groups is 1. The van der Waals surface area contributed by atoms with Crippen LogP contribution >= 0.6 is 0 Å². The Labute approximate surface area is 159 Å². The standard InChI is InChI=1S/C21H27N3O3/c25-20(17-4-2-10-23(15-17)16-19-6-3-13-27-19)24-11-7-21(26,8-12-24)18-5-1-9-22-14-18/h1,3,5-6,9,13-14,17,26H,2,4,7-8,10-12,15-16H2. The third-order valence-electron chi connectivity index (χ3n) is 5.92. The number of likely N-dealkylation sites (tertiary alicyclic amines) is 2. The molecular weight excluding hydrogens is 342 g/mol.